The minimum atomic E-state index is -3.49. The van der Waals surface area contributed by atoms with Crippen LogP contribution in [-0.2, 0) is 14.8 Å². The molecule has 2 heterocycles. The van der Waals surface area contributed by atoms with E-state index in [0.29, 0.717) is 27.0 Å². The Morgan fingerprint density at radius 2 is 2.32 bits per heavy atom. The average Bonchev–Trinajstić information content (AvgIpc) is 2.71. The van der Waals surface area contributed by atoms with Crippen LogP contribution in [0.3, 0.4) is 0 Å². The van der Waals surface area contributed by atoms with Gasteiger partial charge in [-0.05, 0) is 25.5 Å². The number of rotatable bonds is 3. The van der Waals surface area contributed by atoms with Crippen LogP contribution in [0.5, 0.6) is 0 Å². The van der Waals surface area contributed by atoms with E-state index in [1.807, 2.05) is 13.8 Å². The summed E-state index contributed by atoms with van der Waals surface area (Å²) in [5.74, 6) is 0. The van der Waals surface area contributed by atoms with Crippen molar-refractivity contribution in [3.05, 3.63) is 16.0 Å². The Kier molecular flexibility index (Phi) is 4.96. The molecule has 1 aliphatic rings. The van der Waals surface area contributed by atoms with Crippen LogP contribution in [0.4, 0.5) is 0 Å². The lowest BCUT2D eigenvalue weighted by atomic mass is 10.2. The fraction of sp³-hybridized carbons (Fsp3) is 0.636. The zero-order chi connectivity index (χ0) is 14.2. The first-order valence-corrected chi connectivity index (χ1v) is 9.57. The van der Waals surface area contributed by atoms with E-state index in [9.17, 15) is 8.42 Å². The summed E-state index contributed by atoms with van der Waals surface area (Å²) in [4.78, 5) is 0. The Bertz CT molecular complexity index is 541. The van der Waals surface area contributed by atoms with Gasteiger partial charge in [0.25, 0.3) is 10.0 Å². The summed E-state index contributed by atoms with van der Waals surface area (Å²) in [7, 11) is -3.49. The summed E-state index contributed by atoms with van der Waals surface area (Å²) >= 11 is 10.4. The van der Waals surface area contributed by atoms with Crippen molar-refractivity contribution in [2.75, 3.05) is 18.5 Å². The molecule has 1 aliphatic heterocycles. The number of hydrogen-bond acceptors (Lipinski definition) is 4. The van der Waals surface area contributed by atoms with Crippen molar-refractivity contribution in [2.45, 2.75) is 30.2 Å². The summed E-state index contributed by atoms with van der Waals surface area (Å²) < 4.78 is 33.1. The third-order valence-electron chi connectivity index (χ3n) is 3.02. The lowest BCUT2D eigenvalue weighted by molar-refractivity contribution is -0.0138. The molecule has 0 amide bonds. The summed E-state index contributed by atoms with van der Waals surface area (Å²) in [6.07, 6.45) is -0.109. The SMILES string of the molecule is Cc1cc(S(=O)(=O)N2CC(CBr)OCC2C)sc1Cl. The molecule has 1 fully saturated rings. The third-order valence-corrected chi connectivity index (χ3v) is 7.72. The molecule has 2 unspecified atom stereocenters. The van der Waals surface area contributed by atoms with Gasteiger partial charge in [-0.2, -0.15) is 4.31 Å². The van der Waals surface area contributed by atoms with E-state index in [1.165, 1.54) is 4.31 Å². The first-order valence-electron chi connectivity index (χ1n) is 5.81. The minimum Gasteiger partial charge on any atom is -0.374 e. The molecule has 2 rings (SSSR count). The van der Waals surface area contributed by atoms with Crippen molar-refractivity contribution in [1.82, 2.24) is 4.31 Å². The summed E-state index contributed by atoms with van der Waals surface area (Å²) in [5, 5.41) is 0.621. The highest BCUT2D eigenvalue weighted by molar-refractivity contribution is 9.09. The van der Waals surface area contributed by atoms with Gasteiger partial charge < -0.3 is 4.74 Å². The lowest BCUT2D eigenvalue weighted by Gasteiger charge is -2.36. The Morgan fingerprint density at radius 1 is 1.63 bits per heavy atom. The van der Waals surface area contributed by atoms with E-state index in [2.05, 4.69) is 15.9 Å². The van der Waals surface area contributed by atoms with Crippen LogP contribution in [0.25, 0.3) is 0 Å². The first kappa shape index (κ1) is 15.7. The molecule has 108 valence electrons. The molecule has 2 atom stereocenters. The van der Waals surface area contributed by atoms with Crippen molar-refractivity contribution >= 4 is 48.9 Å². The Balaban J connectivity index is 2.32. The zero-order valence-corrected chi connectivity index (χ0v) is 14.6. The normalized spacial score (nSPS) is 25.7. The number of alkyl halides is 1. The fourth-order valence-electron chi connectivity index (χ4n) is 1.89. The van der Waals surface area contributed by atoms with Gasteiger partial charge in [0.15, 0.2) is 0 Å². The van der Waals surface area contributed by atoms with Gasteiger partial charge in [-0.25, -0.2) is 8.42 Å². The largest absolute Gasteiger partial charge is 0.374 e. The van der Waals surface area contributed by atoms with Gasteiger partial charge in [0.05, 0.1) is 17.0 Å². The topological polar surface area (TPSA) is 46.6 Å². The highest BCUT2D eigenvalue weighted by Gasteiger charge is 2.36. The van der Waals surface area contributed by atoms with Crippen molar-refractivity contribution < 1.29 is 13.2 Å². The molecule has 0 N–H and O–H groups in total. The molecule has 0 spiro atoms. The summed E-state index contributed by atoms with van der Waals surface area (Å²) in [5.41, 5.74) is 0.795. The second-order valence-electron chi connectivity index (χ2n) is 4.56. The first-order chi connectivity index (χ1) is 8.86. The van der Waals surface area contributed by atoms with E-state index in [1.54, 1.807) is 6.07 Å². The molecule has 1 saturated heterocycles. The summed E-state index contributed by atoms with van der Waals surface area (Å²) in [6.45, 7) is 4.43. The van der Waals surface area contributed by atoms with Crippen molar-refractivity contribution in [3.8, 4) is 0 Å². The highest BCUT2D eigenvalue weighted by atomic mass is 79.9. The van der Waals surface area contributed by atoms with Crippen molar-refractivity contribution in [3.63, 3.8) is 0 Å². The predicted molar refractivity (Wildman–Crippen MR) is 81.0 cm³/mol. The second kappa shape index (κ2) is 5.99. The molecule has 0 bridgehead atoms. The van der Waals surface area contributed by atoms with Crippen LogP contribution in [0.2, 0.25) is 4.34 Å². The Labute approximate surface area is 130 Å². The minimum absolute atomic E-state index is 0.109. The van der Waals surface area contributed by atoms with Crippen LogP contribution in [-0.4, -0.2) is 43.4 Å². The summed E-state index contributed by atoms with van der Waals surface area (Å²) in [6, 6.07) is 1.47. The Morgan fingerprint density at radius 3 is 2.84 bits per heavy atom. The van der Waals surface area contributed by atoms with Gasteiger partial charge in [-0.1, -0.05) is 27.5 Å². The number of hydrogen-bond donors (Lipinski definition) is 0. The number of sulfonamides is 1. The average molecular weight is 389 g/mol. The molecule has 0 radical (unpaired) electrons. The standard InChI is InChI=1S/C11H15BrClNO3S2/c1-7-3-10(18-11(7)13)19(15,16)14-5-9(4-12)17-6-8(14)2/h3,8-9H,4-6H2,1-2H3. The maximum atomic E-state index is 12.6. The Hall–Kier alpha value is 0.340. The number of halogens is 2. The van der Waals surface area contributed by atoms with Gasteiger partial charge in [0.1, 0.15) is 4.21 Å². The van der Waals surface area contributed by atoms with Gasteiger partial charge in [0, 0.05) is 17.9 Å². The molecule has 1 aromatic rings. The molecular formula is C11H15BrClNO3S2. The maximum Gasteiger partial charge on any atom is 0.253 e. The fourth-order valence-corrected chi connectivity index (χ4v) is 5.77. The molecule has 8 heteroatoms. The lowest BCUT2D eigenvalue weighted by Crippen LogP contribution is -2.51. The van der Waals surface area contributed by atoms with Crippen LogP contribution >= 0.6 is 38.9 Å². The van der Waals surface area contributed by atoms with Gasteiger partial charge in [0.2, 0.25) is 0 Å². The van der Waals surface area contributed by atoms with Gasteiger partial charge >= 0.3 is 0 Å². The predicted octanol–water partition coefficient (Wildman–Crippen LogP) is 2.88. The zero-order valence-electron chi connectivity index (χ0n) is 10.6. The van der Waals surface area contributed by atoms with E-state index in [0.717, 1.165) is 16.9 Å². The van der Waals surface area contributed by atoms with Crippen LogP contribution in [0.15, 0.2) is 10.3 Å². The monoisotopic (exact) mass is 387 g/mol. The smallest absolute Gasteiger partial charge is 0.253 e. The molecule has 4 nitrogen and oxygen atoms in total. The van der Waals surface area contributed by atoms with E-state index < -0.39 is 10.0 Å². The van der Waals surface area contributed by atoms with E-state index in [4.69, 9.17) is 16.3 Å². The molecular weight excluding hydrogens is 374 g/mol. The number of ether oxygens (including phenoxy) is 1. The molecule has 0 aromatic carbocycles. The number of aryl methyl sites for hydroxylation is 1. The number of morpholine rings is 1. The van der Waals surface area contributed by atoms with Crippen LogP contribution < -0.4 is 0 Å². The van der Waals surface area contributed by atoms with Crippen molar-refractivity contribution in [1.29, 1.82) is 0 Å². The quantitative estimate of drug-likeness (QED) is 0.748. The molecule has 0 saturated carbocycles. The second-order valence-corrected chi connectivity index (χ2v) is 8.97. The number of thiophene rings is 1. The van der Waals surface area contributed by atoms with Crippen molar-refractivity contribution in [2.24, 2.45) is 0 Å². The van der Waals surface area contributed by atoms with Gasteiger partial charge in [-0.3, -0.25) is 0 Å². The van der Waals surface area contributed by atoms with Crippen LogP contribution in [0, 0.1) is 6.92 Å². The maximum absolute atomic E-state index is 12.6. The molecule has 1 aromatic heterocycles. The van der Waals surface area contributed by atoms with E-state index >= 15 is 0 Å². The van der Waals surface area contributed by atoms with E-state index in [-0.39, 0.29) is 12.1 Å². The number of nitrogens with zero attached hydrogens (tertiary/aromatic N) is 1. The third kappa shape index (κ3) is 3.16. The van der Waals surface area contributed by atoms with Crippen LogP contribution in [0.1, 0.15) is 12.5 Å². The molecule has 19 heavy (non-hydrogen) atoms. The molecule has 0 aliphatic carbocycles. The highest BCUT2D eigenvalue weighted by Crippen LogP contribution is 2.33. The van der Waals surface area contributed by atoms with Gasteiger partial charge in [-0.15, -0.1) is 11.3 Å².